The van der Waals surface area contributed by atoms with Crippen LogP contribution < -0.4 is 5.73 Å². The van der Waals surface area contributed by atoms with Crippen molar-refractivity contribution in [2.45, 2.75) is 44.9 Å². The van der Waals surface area contributed by atoms with Gasteiger partial charge in [0.25, 0.3) is 0 Å². The Labute approximate surface area is 89.6 Å². The van der Waals surface area contributed by atoms with Crippen LogP contribution in [0.4, 0.5) is 8.78 Å². The number of nitrogens with zero attached hydrogens (tertiary/aromatic N) is 1. The van der Waals surface area contributed by atoms with Crippen molar-refractivity contribution < 1.29 is 13.5 Å². The molecule has 0 spiro atoms. The number of piperidine rings is 1. The van der Waals surface area contributed by atoms with Crippen LogP contribution in [0.15, 0.2) is 0 Å². The van der Waals surface area contributed by atoms with E-state index in [0.29, 0.717) is 13.0 Å². The number of unbranched alkanes of at least 4 members (excludes halogenated alkanes) is 1. The van der Waals surface area contributed by atoms with Crippen LogP contribution in [0.5, 0.6) is 0 Å². The summed E-state index contributed by atoms with van der Waals surface area (Å²) in [6.07, 6.45) is 2.40. The lowest BCUT2D eigenvalue weighted by Crippen LogP contribution is -2.52. The third-order valence-electron chi connectivity index (χ3n) is 2.78. The Morgan fingerprint density at radius 1 is 1.53 bits per heavy atom. The Kier molecular flexibility index (Phi) is 5.42. The minimum Gasteiger partial charge on any atom is -0.324 e. The van der Waals surface area contributed by atoms with E-state index in [1.807, 2.05) is 0 Å². The first-order valence-electron chi connectivity index (χ1n) is 5.55. The summed E-state index contributed by atoms with van der Waals surface area (Å²) in [6, 6.07) is -0.287. The molecule has 1 aliphatic rings. The average Bonchev–Trinajstić information content (AvgIpc) is 2.18. The molecule has 15 heavy (non-hydrogen) atoms. The van der Waals surface area contributed by atoms with Crippen molar-refractivity contribution in [3.05, 3.63) is 0 Å². The standard InChI is InChI=1S/C10H20F2N2O/c1-2-3-5-14-6-4-9(8(13)7-14)15-10(11)12/h8-10H,2-7,13H2,1H3/t8-,9+/m0/s1. The van der Waals surface area contributed by atoms with E-state index in [9.17, 15) is 8.78 Å². The maximum absolute atomic E-state index is 12.0. The van der Waals surface area contributed by atoms with Crippen LogP contribution in [0.2, 0.25) is 0 Å². The van der Waals surface area contributed by atoms with Gasteiger partial charge < -0.3 is 15.4 Å². The van der Waals surface area contributed by atoms with E-state index in [1.54, 1.807) is 0 Å². The molecule has 0 bridgehead atoms. The summed E-state index contributed by atoms with van der Waals surface area (Å²) < 4.78 is 28.5. The molecule has 1 aliphatic heterocycles. The summed E-state index contributed by atoms with van der Waals surface area (Å²) in [6.45, 7) is 1.91. The molecule has 0 amide bonds. The molecule has 3 nitrogen and oxygen atoms in total. The maximum Gasteiger partial charge on any atom is 0.345 e. The average molecular weight is 222 g/mol. The first kappa shape index (κ1) is 12.8. The van der Waals surface area contributed by atoms with Crippen LogP contribution in [0.25, 0.3) is 0 Å². The number of hydrogen-bond donors (Lipinski definition) is 1. The minimum absolute atomic E-state index is 0.287. The van der Waals surface area contributed by atoms with Crippen LogP contribution in [-0.2, 0) is 4.74 Å². The van der Waals surface area contributed by atoms with E-state index in [2.05, 4.69) is 16.6 Å². The van der Waals surface area contributed by atoms with Gasteiger partial charge in [-0.1, -0.05) is 13.3 Å². The van der Waals surface area contributed by atoms with Crippen LogP contribution in [0.3, 0.4) is 0 Å². The fourth-order valence-electron chi connectivity index (χ4n) is 1.92. The lowest BCUT2D eigenvalue weighted by atomic mass is 10.0. The first-order chi connectivity index (χ1) is 7.13. The molecule has 0 aromatic rings. The fourth-order valence-corrected chi connectivity index (χ4v) is 1.92. The van der Waals surface area contributed by atoms with Gasteiger partial charge >= 0.3 is 6.61 Å². The van der Waals surface area contributed by atoms with E-state index in [1.165, 1.54) is 0 Å². The van der Waals surface area contributed by atoms with Gasteiger partial charge in [-0.05, 0) is 19.4 Å². The predicted octanol–water partition coefficient (Wildman–Crippen LogP) is 1.43. The molecule has 1 heterocycles. The third kappa shape index (κ3) is 4.40. The van der Waals surface area contributed by atoms with Crippen molar-refractivity contribution in [3.63, 3.8) is 0 Å². The van der Waals surface area contributed by atoms with Crippen molar-refractivity contribution in [3.8, 4) is 0 Å². The Morgan fingerprint density at radius 2 is 2.27 bits per heavy atom. The zero-order valence-electron chi connectivity index (χ0n) is 9.16. The molecule has 1 saturated heterocycles. The quantitative estimate of drug-likeness (QED) is 0.764. The predicted molar refractivity (Wildman–Crippen MR) is 54.8 cm³/mol. The summed E-state index contributed by atoms with van der Waals surface area (Å²) in [5, 5.41) is 0. The molecule has 0 aromatic heterocycles. The van der Waals surface area contributed by atoms with Gasteiger partial charge in [0.2, 0.25) is 0 Å². The van der Waals surface area contributed by atoms with E-state index in [-0.39, 0.29) is 6.04 Å². The molecule has 90 valence electrons. The summed E-state index contributed by atoms with van der Waals surface area (Å²) in [5.41, 5.74) is 5.79. The summed E-state index contributed by atoms with van der Waals surface area (Å²) in [7, 11) is 0. The van der Waals surface area contributed by atoms with Crippen molar-refractivity contribution in [2.24, 2.45) is 5.73 Å². The highest BCUT2D eigenvalue weighted by Crippen LogP contribution is 2.16. The summed E-state index contributed by atoms with van der Waals surface area (Å²) >= 11 is 0. The number of alkyl halides is 2. The lowest BCUT2D eigenvalue weighted by Gasteiger charge is -2.36. The number of nitrogens with two attached hydrogens (primary N) is 1. The van der Waals surface area contributed by atoms with Crippen molar-refractivity contribution >= 4 is 0 Å². The normalized spacial score (nSPS) is 28.6. The second kappa shape index (κ2) is 6.35. The van der Waals surface area contributed by atoms with E-state index < -0.39 is 12.7 Å². The van der Waals surface area contributed by atoms with Gasteiger partial charge in [-0.3, -0.25) is 0 Å². The van der Waals surface area contributed by atoms with Crippen LogP contribution >= 0.6 is 0 Å². The summed E-state index contributed by atoms with van der Waals surface area (Å²) in [5.74, 6) is 0. The van der Waals surface area contributed by atoms with Gasteiger partial charge in [0.05, 0.1) is 6.10 Å². The smallest absolute Gasteiger partial charge is 0.324 e. The Hall–Kier alpha value is -0.260. The summed E-state index contributed by atoms with van der Waals surface area (Å²) in [4.78, 5) is 2.22. The van der Waals surface area contributed by atoms with Gasteiger partial charge in [0.15, 0.2) is 0 Å². The monoisotopic (exact) mass is 222 g/mol. The molecule has 0 saturated carbocycles. The van der Waals surface area contributed by atoms with Crippen molar-refractivity contribution in [1.29, 1.82) is 0 Å². The molecule has 1 rings (SSSR count). The van der Waals surface area contributed by atoms with Gasteiger partial charge in [-0.15, -0.1) is 0 Å². The molecule has 0 radical (unpaired) electrons. The fraction of sp³-hybridized carbons (Fsp3) is 1.00. The molecule has 0 aliphatic carbocycles. The maximum atomic E-state index is 12.0. The lowest BCUT2D eigenvalue weighted by molar-refractivity contribution is -0.177. The number of ether oxygens (including phenoxy) is 1. The molecule has 1 fully saturated rings. The Bertz CT molecular complexity index is 181. The van der Waals surface area contributed by atoms with Crippen LogP contribution in [0.1, 0.15) is 26.2 Å². The Balaban J connectivity index is 2.27. The topological polar surface area (TPSA) is 38.5 Å². The number of hydrogen-bond acceptors (Lipinski definition) is 3. The third-order valence-corrected chi connectivity index (χ3v) is 2.78. The zero-order chi connectivity index (χ0) is 11.3. The van der Waals surface area contributed by atoms with Gasteiger partial charge in [0.1, 0.15) is 0 Å². The SMILES string of the molecule is CCCCN1CC[C@@H](OC(F)F)[C@@H](N)C1. The number of halogens is 2. The van der Waals surface area contributed by atoms with Crippen molar-refractivity contribution in [2.75, 3.05) is 19.6 Å². The van der Waals surface area contributed by atoms with Crippen LogP contribution in [0, 0.1) is 0 Å². The number of rotatable bonds is 5. The van der Waals surface area contributed by atoms with E-state index in [0.717, 1.165) is 25.9 Å². The molecule has 0 aromatic carbocycles. The zero-order valence-corrected chi connectivity index (χ0v) is 9.16. The molecule has 2 N–H and O–H groups in total. The van der Waals surface area contributed by atoms with Crippen LogP contribution in [-0.4, -0.2) is 43.3 Å². The van der Waals surface area contributed by atoms with E-state index >= 15 is 0 Å². The molecular weight excluding hydrogens is 202 g/mol. The molecule has 2 atom stereocenters. The van der Waals surface area contributed by atoms with E-state index in [4.69, 9.17) is 5.73 Å². The van der Waals surface area contributed by atoms with Gasteiger partial charge in [-0.2, -0.15) is 8.78 Å². The largest absolute Gasteiger partial charge is 0.345 e. The molecular formula is C10H20F2N2O. The minimum atomic E-state index is -2.71. The van der Waals surface area contributed by atoms with Gasteiger partial charge in [-0.25, -0.2) is 0 Å². The highest BCUT2D eigenvalue weighted by atomic mass is 19.3. The molecule has 5 heteroatoms. The number of likely N-dealkylation sites (tertiary alicyclic amines) is 1. The second-order valence-corrected chi connectivity index (χ2v) is 4.04. The van der Waals surface area contributed by atoms with Gasteiger partial charge in [0, 0.05) is 19.1 Å². The van der Waals surface area contributed by atoms with Crippen molar-refractivity contribution in [1.82, 2.24) is 4.90 Å². The highest BCUT2D eigenvalue weighted by Gasteiger charge is 2.28. The second-order valence-electron chi connectivity index (χ2n) is 4.04. The molecule has 0 unspecified atom stereocenters. The Morgan fingerprint density at radius 3 is 2.80 bits per heavy atom. The highest BCUT2D eigenvalue weighted by molar-refractivity contribution is 4.83. The first-order valence-corrected chi connectivity index (χ1v) is 5.55.